The average Bonchev–Trinajstić information content (AvgIpc) is 3.59. The summed E-state index contributed by atoms with van der Waals surface area (Å²) in [5, 5.41) is 5.06. The van der Waals surface area contributed by atoms with E-state index in [0.717, 1.165) is 22.7 Å². The highest BCUT2D eigenvalue weighted by molar-refractivity contribution is 6.09. The highest BCUT2D eigenvalue weighted by Gasteiger charge is 2.16. The molecule has 2 nitrogen and oxygen atoms in total. The molecule has 10 rings (SSSR count). The van der Waals surface area contributed by atoms with E-state index in [1.54, 1.807) is 0 Å². The minimum absolute atomic E-state index is 1.11. The Balaban J connectivity index is 0.984. The topological polar surface area (TPSA) is 8.17 Å². The molecule has 0 amide bonds. The normalized spacial score (nSPS) is 11.3. The molecule has 0 unspecified atom stereocenters. The molecule has 9 aromatic carbocycles. The first-order valence-electron chi connectivity index (χ1n) is 18.5. The van der Waals surface area contributed by atoms with Gasteiger partial charge in [0.2, 0.25) is 0 Å². The fraction of sp³-hybridized carbons (Fsp3) is 0. The molecular weight excluding hydrogens is 653 g/mol. The van der Waals surface area contributed by atoms with Crippen molar-refractivity contribution < 1.29 is 0 Å². The Labute approximate surface area is 315 Å². The van der Waals surface area contributed by atoms with Gasteiger partial charge in [0.05, 0.1) is 11.0 Å². The molecule has 0 radical (unpaired) electrons. The molecule has 54 heavy (non-hydrogen) atoms. The number of fused-ring (bicyclic) bond motifs is 4. The van der Waals surface area contributed by atoms with Crippen molar-refractivity contribution in [3.05, 3.63) is 218 Å². The van der Waals surface area contributed by atoms with Gasteiger partial charge < -0.3 is 9.47 Å². The van der Waals surface area contributed by atoms with Crippen LogP contribution >= 0.6 is 0 Å². The van der Waals surface area contributed by atoms with Crippen molar-refractivity contribution in [3.63, 3.8) is 0 Å². The quantitative estimate of drug-likeness (QED) is 0.162. The van der Waals surface area contributed by atoms with E-state index in [-0.39, 0.29) is 0 Å². The number of aromatic nitrogens is 1. The van der Waals surface area contributed by atoms with Gasteiger partial charge in [0.1, 0.15) is 0 Å². The lowest BCUT2D eigenvalue weighted by molar-refractivity contribution is 1.18. The van der Waals surface area contributed by atoms with Crippen LogP contribution in [0.25, 0.3) is 71.6 Å². The van der Waals surface area contributed by atoms with Gasteiger partial charge in [0, 0.05) is 33.5 Å². The number of nitrogens with zero attached hydrogens (tertiary/aromatic N) is 2. The molecule has 0 aliphatic heterocycles. The lowest BCUT2D eigenvalue weighted by Crippen LogP contribution is -2.09. The predicted octanol–water partition coefficient (Wildman–Crippen LogP) is 14.4. The Bertz CT molecular complexity index is 2830. The second-order valence-electron chi connectivity index (χ2n) is 13.8. The van der Waals surface area contributed by atoms with Crippen LogP contribution in [-0.4, -0.2) is 4.57 Å². The van der Waals surface area contributed by atoms with E-state index in [0.29, 0.717) is 0 Å². The van der Waals surface area contributed by atoms with Gasteiger partial charge in [0.25, 0.3) is 0 Å². The molecule has 0 saturated carbocycles. The summed E-state index contributed by atoms with van der Waals surface area (Å²) in [6, 6.07) is 78.7. The van der Waals surface area contributed by atoms with Crippen LogP contribution in [0.2, 0.25) is 0 Å². The van der Waals surface area contributed by atoms with E-state index in [2.05, 4.69) is 228 Å². The molecule has 254 valence electrons. The molecule has 0 bridgehead atoms. The second-order valence-corrected chi connectivity index (χ2v) is 13.8. The molecule has 0 aliphatic rings. The smallest absolute Gasteiger partial charge is 0.0541 e. The van der Waals surface area contributed by atoms with Crippen molar-refractivity contribution in [1.82, 2.24) is 4.57 Å². The average molecular weight is 689 g/mol. The maximum atomic E-state index is 2.36. The Kier molecular flexibility index (Phi) is 7.85. The summed E-state index contributed by atoms with van der Waals surface area (Å²) >= 11 is 0. The van der Waals surface area contributed by atoms with Gasteiger partial charge in [-0.3, -0.25) is 0 Å². The van der Waals surface area contributed by atoms with Gasteiger partial charge in [0.15, 0.2) is 0 Å². The van der Waals surface area contributed by atoms with E-state index in [1.807, 2.05) is 0 Å². The molecule has 0 aliphatic carbocycles. The van der Waals surface area contributed by atoms with Crippen molar-refractivity contribution in [2.24, 2.45) is 0 Å². The largest absolute Gasteiger partial charge is 0.311 e. The number of rotatable bonds is 7. The first kappa shape index (κ1) is 31.6. The first-order chi connectivity index (χ1) is 26.8. The van der Waals surface area contributed by atoms with Gasteiger partial charge in [-0.2, -0.15) is 0 Å². The van der Waals surface area contributed by atoms with Crippen LogP contribution in [-0.2, 0) is 0 Å². The summed E-state index contributed by atoms with van der Waals surface area (Å²) in [6.45, 7) is 0. The van der Waals surface area contributed by atoms with E-state index < -0.39 is 0 Å². The molecule has 10 aromatic rings. The number of para-hydroxylation sites is 3. The van der Waals surface area contributed by atoms with Gasteiger partial charge in [-0.25, -0.2) is 0 Å². The summed E-state index contributed by atoms with van der Waals surface area (Å²) in [5.41, 5.74) is 14.2. The summed E-state index contributed by atoms with van der Waals surface area (Å²) in [4.78, 5) is 2.33. The maximum absolute atomic E-state index is 2.36. The lowest BCUT2D eigenvalue weighted by Gasteiger charge is -2.26. The zero-order valence-corrected chi connectivity index (χ0v) is 29.7. The molecule has 0 saturated heterocycles. The van der Waals surface area contributed by atoms with Crippen molar-refractivity contribution in [2.45, 2.75) is 0 Å². The third-order valence-electron chi connectivity index (χ3n) is 10.6. The van der Waals surface area contributed by atoms with Gasteiger partial charge in [-0.1, -0.05) is 158 Å². The number of benzene rings is 9. The summed E-state index contributed by atoms with van der Waals surface area (Å²) in [6.07, 6.45) is 0. The predicted molar refractivity (Wildman–Crippen MR) is 229 cm³/mol. The Morgan fingerprint density at radius 3 is 1.28 bits per heavy atom. The van der Waals surface area contributed by atoms with E-state index in [9.17, 15) is 0 Å². The molecular formula is C52H36N2. The number of hydrogen-bond acceptors (Lipinski definition) is 1. The van der Waals surface area contributed by atoms with Crippen LogP contribution in [0, 0.1) is 0 Å². The Morgan fingerprint density at radius 2 is 0.722 bits per heavy atom. The van der Waals surface area contributed by atoms with Crippen molar-refractivity contribution >= 4 is 49.6 Å². The number of hydrogen-bond donors (Lipinski definition) is 0. The van der Waals surface area contributed by atoms with Crippen LogP contribution in [0.4, 0.5) is 17.1 Å². The van der Waals surface area contributed by atoms with Crippen molar-refractivity contribution in [3.8, 4) is 39.1 Å². The highest BCUT2D eigenvalue weighted by Crippen LogP contribution is 2.40. The van der Waals surface area contributed by atoms with Crippen LogP contribution in [0.15, 0.2) is 218 Å². The van der Waals surface area contributed by atoms with Crippen LogP contribution in [0.1, 0.15) is 0 Å². The Morgan fingerprint density at radius 1 is 0.296 bits per heavy atom. The fourth-order valence-corrected chi connectivity index (χ4v) is 8.06. The summed E-state index contributed by atoms with van der Waals surface area (Å²) in [7, 11) is 0. The fourth-order valence-electron chi connectivity index (χ4n) is 8.06. The monoisotopic (exact) mass is 688 g/mol. The molecule has 0 spiro atoms. The van der Waals surface area contributed by atoms with E-state index in [1.165, 1.54) is 66.0 Å². The minimum atomic E-state index is 1.11. The van der Waals surface area contributed by atoms with Crippen molar-refractivity contribution in [1.29, 1.82) is 0 Å². The van der Waals surface area contributed by atoms with Gasteiger partial charge >= 0.3 is 0 Å². The van der Waals surface area contributed by atoms with Crippen molar-refractivity contribution in [2.75, 3.05) is 4.90 Å². The zero-order valence-electron chi connectivity index (χ0n) is 29.7. The third-order valence-corrected chi connectivity index (χ3v) is 10.6. The summed E-state index contributed by atoms with van der Waals surface area (Å²) in [5.74, 6) is 0. The molecule has 1 heterocycles. The van der Waals surface area contributed by atoms with Crippen LogP contribution in [0.3, 0.4) is 0 Å². The number of anilines is 3. The standard InChI is InChI=1S/C52H36N2/c1-3-13-39(14-4-1)46-21-11-15-41-16-12-22-47(52(41)46)40-29-35-44(36-30-40)53(42-17-5-2-6-18-42)43-31-25-37(26-32-43)38-27-33-45(34-28-38)54-50-23-9-7-19-48(50)49-20-8-10-24-51(49)54/h1-36H. The van der Waals surface area contributed by atoms with Crippen LogP contribution in [0.5, 0.6) is 0 Å². The van der Waals surface area contributed by atoms with Gasteiger partial charge in [-0.15, -0.1) is 0 Å². The lowest BCUT2D eigenvalue weighted by atomic mass is 9.91. The molecule has 1 aromatic heterocycles. The third kappa shape index (κ3) is 5.53. The van der Waals surface area contributed by atoms with Crippen LogP contribution < -0.4 is 4.90 Å². The molecule has 0 atom stereocenters. The van der Waals surface area contributed by atoms with Gasteiger partial charge in [-0.05, 0) is 105 Å². The minimum Gasteiger partial charge on any atom is -0.311 e. The molecule has 2 heteroatoms. The SMILES string of the molecule is c1ccc(-c2cccc3cccc(-c4ccc(N(c5ccccc5)c5ccc(-c6ccc(-n7c8ccccc8c8ccccc87)cc6)cc5)cc4)c23)cc1. The molecule has 0 N–H and O–H groups in total. The first-order valence-corrected chi connectivity index (χ1v) is 18.5. The zero-order chi connectivity index (χ0) is 35.8. The second kappa shape index (κ2) is 13.4. The van der Waals surface area contributed by atoms with E-state index >= 15 is 0 Å². The molecule has 0 fully saturated rings. The highest BCUT2D eigenvalue weighted by atomic mass is 15.1. The Hall–Kier alpha value is -7.16. The maximum Gasteiger partial charge on any atom is 0.0541 e. The summed E-state index contributed by atoms with van der Waals surface area (Å²) < 4.78 is 2.36. The van der Waals surface area contributed by atoms with E-state index in [4.69, 9.17) is 0 Å².